The average Bonchev–Trinajstić information content (AvgIpc) is 2.74. The SMILES string of the molecule is O=CC#Cc1ccc2c(c1)[nH]c1ccccc12. The summed E-state index contributed by atoms with van der Waals surface area (Å²) in [5.74, 6) is 5.21. The van der Waals surface area contributed by atoms with Gasteiger partial charge in [-0.3, -0.25) is 4.79 Å². The summed E-state index contributed by atoms with van der Waals surface area (Å²) in [5, 5.41) is 2.38. The predicted octanol–water partition coefficient (Wildman–Crippen LogP) is 2.87. The van der Waals surface area contributed by atoms with Crippen molar-refractivity contribution in [1.82, 2.24) is 4.98 Å². The number of para-hydroxylation sites is 1. The van der Waals surface area contributed by atoms with E-state index in [0.717, 1.165) is 16.6 Å². The highest BCUT2D eigenvalue weighted by Gasteiger charge is 2.02. The minimum Gasteiger partial charge on any atom is -0.354 e. The number of fused-ring (bicyclic) bond motifs is 3. The maximum absolute atomic E-state index is 10.2. The zero-order valence-electron chi connectivity index (χ0n) is 9.03. The van der Waals surface area contributed by atoms with E-state index in [1.165, 1.54) is 10.8 Å². The van der Waals surface area contributed by atoms with Crippen molar-refractivity contribution in [2.75, 3.05) is 0 Å². The second kappa shape index (κ2) is 3.80. The van der Waals surface area contributed by atoms with Crippen LogP contribution in [0.4, 0.5) is 0 Å². The van der Waals surface area contributed by atoms with Crippen LogP contribution in [0.15, 0.2) is 42.5 Å². The second-order valence-electron chi connectivity index (χ2n) is 3.82. The van der Waals surface area contributed by atoms with Gasteiger partial charge < -0.3 is 4.98 Å². The molecule has 0 saturated carbocycles. The van der Waals surface area contributed by atoms with Gasteiger partial charge in [0.2, 0.25) is 0 Å². The molecule has 0 aliphatic heterocycles. The van der Waals surface area contributed by atoms with Crippen molar-refractivity contribution in [1.29, 1.82) is 0 Å². The number of benzene rings is 2. The molecule has 17 heavy (non-hydrogen) atoms. The van der Waals surface area contributed by atoms with Crippen LogP contribution in [0.2, 0.25) is 0 Å². The third-order valence-corrected chi connectivity index (χ3v) is 2.78. The summed E-state index contributed by atoms with van der Waals surface area (Å²) in [4.78, 5) is 13.5. The highest BCUT2D eigenvalue weighted by atomic mass is 16.1. The number of rotatable bonds is 0. The number of hydrogen-bond acceptors (Lipinski definition) is 1. The Morgan fingerprint density at radius 1 is 1.00 bits per heavy atom. The number of hydrogen-bond donors (Lipinski definition) is 1. The summed E-state index contributed by atoms with van der Waals surface area (Å²) in [6.45, 7) is 0. The molecule has 80 valence electrons. The van der Waals surface area contributed by atoms with Gasteiger partial charge in [-0.05, 0) is 24.1 Å². The normalized spacial score (nSPS) is 10.1. The molecule has 2 aromatic carbocycles. The van der Waals surface area contributed by atoms with Gasteiger partial charge in [-0.15, -0.1) is 0 Å². The first-order valence-corrected chi connectivity index (χ1v) is 5.34. The summed E-state index contributed by atoms with van der Waals surface area (Å²) in [6.07, 6.45) is 0.607. The third-order valence-electron chi connectivity index (χ3n) is 2.78. The molecule has 1 heterocycles. The number of carbonyl (C=O) groups is 1. The molecule has 1 N–H and O–H groups in total. The van der Waals surface area contributed by atoms with Crippen LogP contribution in [0, 0.1) is 11.8 Å². The highest BCUT2D eigenvalue weighted by Crippen LogP contribution is 2.25. The molecule has 0 fully saturated rings. The molecule has 3 rings (SSSR count). The van der Waals surface area contributed by atoms with Crippen molar-refractivity contribution in [3.8, 4) is 11.8 Å². The quantitative estimate of drug-likeness (QED) is 0.457. The zero-order chi connectivity index (χ0) is 11.7. The van der Waals surface area contributed by atoms with Gasteiger partial charge in [0, 0.05) is 27.4 Å². The van der Waals surface area contributed by atoms with Crippen molar-refractivity contribution >= 4 is 28.1 Å². The Kier molecular flexibility index (Phi) is 2.16. The number of aromatic amines is 1. The first kappa shape index (κ1) is 9.68. The van der Waals surface area contributed by atoms with Crippen molar-refractivity contribution in [3.63, 3.8) is 0 Å². The Bertz CT molecular complexity index is 772. The fourth-order valence-corrected chi connectivity index (χ4v) is 2.05. The van der Waals surface area contributed by atoms with Crippen LogP contribution in [0.1, 0.15) is 5.56 Å². The Hall–Kier alpha value is -2.53. The Morgan fingerprint density at radius 2 is 1.82 bits per heavy atom. The Labute approximate surface area is 98.3 Å². The molecular formula is C15H9NO. The summed E-state index contributed by atoms with van der Waals surface area (Å²) in [7, 11) is 0. The van der Waals surface area contributed by atoms with Gasteiger partial charge in [-0.2, -0.15) is 0 Å². The molecule has 0 bridgehead atoms. The first-order chi connectivity index (χ1) is 8.38. The van der Waals surface area contributed by atoms with E-state index in [4.69, 9.17) is 0 Å². The predicted molar refractivity (Wildman–Crippen MR) is 68.7 cm³/mol. The molecule has 2 heteroatoms. The van der Waals surface area contributed by atoms with E-state index in [9.17, 15) is 4.79 Å². The van der Waals surface area contributed by atoms with E-state index in [1.54, 1.807) is 0 Å². The van der Waals surface area contributed by atoms with E-state index in [2.05, 4.69) is 22.9 Å². The van der Waals surface area contributed by atoms with Crippen LogP contribution in [0.3, 0.4) is 0 Å². The van der Waals surface area contributed by atoms with Gasteiger partial charge in [0.1, 0.15) is 0 Å². The minimum atomic E-state index is 0.607. The largest absolute Gasteiger partial charge is 0.354 e. The number of aldehydes is 1. The Morgan fingerprint density at radius 3 is 2.71 bits per heavy atom. The zero-order valence-corrected chi connectivity index (χ0v) is 9.03. The van der Waals surface area contributed by atoms with E-state index >= 15 is 0 Å². The van der Waals surface area contributed by atoms with Crippen molar-refractivity contribution < 1.29 is 4.79 Å². The summed E-state index contributed by atoms with van der Waals surface area (Å²) < 4.78 is 0. The lowest BCUT2D eigenvalue weighted by Gasteiger charge is -1.92. The van der Waals surface area contributed by atoms with E-state index in [1.807, 2.05) is 36.4 Å². The smallest absolute Gasteiger partial charge is 0.193 e. The maximum atomic E-state index is 10.2. The molecule has 2 nitrogen and oxygen atoms in total. The van der Waals surface area contributed by atoms with Crippen LogP contribution in [0.25, 0.3) is 21.8 Å². The second-order valence-corrected chi connectivity index (χ2v) is 3.82. The topological polar surface area (TPSA) is 32.9 Å². The first-order valence-electron chi connectivity index (χ1n) is 5.34. The molecule has 0 spiro atoms. The lowest BCUT2D eigenvalue weighted by molar-refractivity contribution is -0.103. The highest BCUT2D eigenvalue weighted by molar-refractivity contribution is 6.07. The molecule has 0 amide bonds. The molecular weight excluding hydrogens is 210 g/mol. The van der Waals surface area contributed by atoms with Gasteiger partial charge in [-0.25, -0.2) is 0 Å². The molecule has 0 radical (unpaired) electrons. The van der Waals surface area contributed by atoms with E-state index < -0.39 is 0 Å². The monoisotopic (exact) mass is 219 g/mol. The Balaban J connectivity index is 2.30. The molecule has 0 atom stereocenters. The van der Waals surface area contributed by atoms with Gasteiger partial charge >= 0.3 is 0 Å². The van der Waals surface area contributed by atoms with Crippen LogP contribution in [0.5, 0.6) is 0 Å². The van der Waals surface area contributed by atoms with Gasteiger partial charge in [0.15, 0.2) is 6.29 Å². The van der Waals surface area contributed by atoms with Crippen molar-refractivity contribution in [3.05, 3.63) is 48.0 Å². The average molecular weight is 219 g/mol. The van der Waals surface area contributed by atoms with Crippen molar-refractivity contribution in [2.24, 2.45) is 0 Å². The molecule has 3 aromatic rings. The summed E-state index contributed by atoms with van der Waals surface area (Å²) in [5.41, 5.74) is 3.00. The van der Waals surface area contributed by atoms with Crippen molar-refractivity contribution in [2.45, 2.75) is 0 Å². The maximum Gasteiger partial charge on any atom is 0.193 e. The fraction of sp³-hybridized carbons (Fsp3) is 0. The lowest BCUT2D eigenvalue weighted by Crippen LogP contribution is -1.75. The van der Waals surface area contributed by atoms with Crippen LogP contribution in [-0.2, 0) is 4.79 Å². The summed E-state index contributed by atoms with van der Waals surface area (Å²) >= 11 is 0. The number of nitrogens with one attached hydrogen (secondary N) is 1. The fourth-order valence-electron chi connectivity index (χ4n) is 2.05. The van der Waals surface area contributed by atoms with E-state index in [-0.39, 0.29) is 0 Å². The van der Waals surface area contributed by atoms with E-state index in [0.29, 0.717) is 6.29 Å². The van der Waals surface area contributed by atoms with Crippen LogP contribution in [-0.4, -0.2) is 11.3 Å². The minimum absolute atomic E-state index is 0.607. The van der Waals surface area contributed by atoms with Gasteiger partial charge in [0.05, 0.1) is 0 Å². The molecule has 0 unspecified atom stereocenters. The van der Waals surface area contributed by atoms with Crippen LogP contribution >= 0.6 is 0 Å². The number of carbonyl (C=O) groups excluding carboxylic acids is 1. The summed E-state index contributed by atoms with van der Waals surface area (Å²) in [6, 6.07) is 14.1. The molecule has 0 aliphatic rings. The van der Waals surface area contributed by atoms with Crippen LogP contribution < -0.4 is 0 Å². The van der Waals surface area contributed by atoms with Gasteiger partial charge in [0.25, 0.3) is 0 Å². The van der Waals surface area contributed by atoms with Gasteiger partial charge in [-0.1, -0.05) is 30.2 Å². The lowest BCUT2D eigenvalue weighted by atomic mass is 10.1. The molecule has 0 aliphatic carbocycles. The third kappa shape index (κ3) is 1.58. The molecule has 1 aromatic heterocycles. The number of H-pyrrole nitrogens is 1. The standard InChI is InChI=1S/C15H9NO/c17-9-3-4-11-7-8-13-12-5-1-2-6-14(12)16-15(13)10-11/h1-2,5-10,16H. The molecule has 0 saturated heterocycles. The number of aromatic nitrogens is 1.